The van der Waals surface area contributed by atoms with E-state index in [1.165, 1.54) is 0 Å². The van der Waals surface area contributed by atoms with Crippen LogP contribution in [0.2, 0.25) is 0 Å². The first-order valence-electron chi connectivity index (χ1n) is 5.90. The molecule has 1 saturated heterocycles. The molecule has 4 nitrogen and oxygen atoms in total. The fourth-order valence-electron chi connectivity index (χ4n) is 2.13. The topological polar surface area (TPSA) is 36.9 Å². The number of hydrogen-bond donors (Lipinski definition) is 0. The molecule has 2 radical (unpaired) electrons. The second kappa shape index (κ2) is 6.23. The van der Waals surface area contributed by atoms with Crippen LogP contribution in [0.4, 0.5) is 0 Å². The van der Waals surface area contributed by atoms with Crippen molar-refractivity contribution < 1.29 is 18.9 Å². The normalized spacial score (nSPS) is 31.4. The highest BCUT2D eigenvalue weighted by Gasteiger charge is 2.43. The Balaban J connectivity index is 2.06. The van der Waals surface area contributed by atoms with Crippen molar-refractivity contribution in [3.63, 3.8) is 0 Å². The molecule has 1 aliphatic rings. The van der Waals surface area contributed by atoms with Crippen molar-refractivity contribution in [2.45, 2.75) is 24.3 Å². The lowest BCUT2D eigenvalue weighted by molar-refractivity contribution is -0.0382. The standard InChI is InChI=1S/C13H17BO4/c1-15-8-10-11(16-2)12(13(14)18-10)17-9-6-4-3-5-7-9/h3-7,10-13H,8H2,1-2H3/t10-,11-,12-,13-/m1/s1. The van der Waals surface area contributed by atoms with Gasteiger partial charge in [-0.05, 0) is 12.1 Å². The Hall–Kier alpha value is -1.04. The molecule has 96 valence electrons. The van der Waals surface area contributed by atoms with Gasteiger partial charge in [0.25, 0.3) is 0 Å². The molecule has 0 N–H and O–H groups in total. The molecule has 0 amide bonds. The predicted molar refractivity (Wildman–Crippen MR) is 67.9 cm³/mol. The Kier molecular flexibility index (Phi) is 4.63. The average molecular weight is 248 g/mol. The summed E-state index contributed by atoms with van der Waals surface area (Å²) in [5.41, 5.74) is 0. The molecule has 0 bridgehead atoms. The van der Waals surface area contributed by atoms with E-state index in [1.807, 2.05) is 30.3 Å². The third-order valence-electron chi connectivity index (χ3n) is 2.96. The lowest BCUT2D eigenvalue weighted by atomic mass is 9.92. The molecule has 1 aromatic rings. The van der Waals surface area contributed by atoms with Crippen molar-refractivity contribution in [3.8, 4) is 5.75 Å². The minimum absolute atomic E-state index is 0.205. The average Bonchev–Trinajstić information content (AvgIpc) is 2.67. The third kappa shape index (κ3) is 2.86. The van der Waals surface area contributed by atoms with Crippen molar-refractivity contribution in [1.82, 2.24) is 0 Å². The summed E-state index contributed by atoms with van der Waals surface area (Å²) in [6, 6.07) is 8.98. The molecule has 1 aliphatic heterocycles. The van der Waals surface area contributed by atoms with Gasteiger partial charge in [-0.15, -0.1) is 0 Å². The lowest BCUT2D eigenvalue weighted by Crippen LogP contribution is -2.40. The molecule has 0 saturated carbocycles. The maximum absolute atomic E-state index is 5.93. The molecule has 4 atom stereocenters. The number of methoxy groups -OCH3 is 2. The Morgan fingerprint density at radius 2 is 1.89 bits per heavy atom. The van der Waals surface area contributed by atoms with Gasteiger partial charge in [-0.3, -0.25) is 0 Å². The van der Waals surface area contributed by atoms with Crippen LogP contribution in [-0.2, 0) is 14.2 Å². The van der Waals surface area contributed by atoms with E-state index in [2.05, 4.69) is 0 Å². The highest BCUT2D eigenvalue weighted by molar-refractivity contribution is 6.11. The summed E-state index contributed by atoms with van der Waals surface area (Å²) in [6.07, 6.45) is -0.776. The van der Waals surface area contributed by atoms with Crippen LogP contribution in [0, 0.1) is 0 Å². The molecule has 0 unspecified atom stereocenters. The van der Waals surface area contributed by atoms with Crippen LogP contribution in [0.5, 0.6) is 5.75 Å². The fraction of sp³-hybridized carbons (Fsp3) is 0.538. The Morgan fingerprint density at radius 3 is 2.50 bits per heavy atom. The van der Waals surface area contributed by atoms with Gasteiger partial charge in [-0.2, -0.15) is 0 Å². The van der Waals surface area contributed by atoms with Crippen molar-refractivity contribution in [3.05, 3.63) is 30.3 Å². The first kappa shape index (κ1) is 13.4. The minimum Gasteiger partial charge on any atom is -0.486 e. The van der Waals surface area contributed by atoms with E-state index in [1.54, 1.807) is 14.2 Å². The van der Waals surface area contributed by atoms with Gasteiger partial charge in [-0.25, -0.2) is 0 Å². The zero-order valence-electron chi connectivity index (χ0n) is 10.6. The van der Waals surface area contributed by atoms with Crippen LogP contribution in [0.3, 0.4) is 0 Å². The number of rotatable bonds is 5. The molecule has 1 fully saturated rings. The highest BCUT2D eigenvalue weighted by Crippen LogP contribution is 2.26. The summed E-state index contributed by atoms with van der Waals surface area (Å²) in [7, 11) is 9.17. The van der Waals surface area contributed by atoms with Gasteiger partial charge in [-0.1, -0.05) is 18.2 Å². The number of ether oxygens (including phenoxy) is 4. The Bertz CT molecular complexity index is 359. The number of para-hydroxylation sites is 1. The van der Waals surface area contributed by atoms with Gasteiger partial charge in [0.15, 0.2) is 0 Å². The molecule has 1 aromatic carbocycles. The lowest BCUT2D eigenvalue weighted by Gasteiger charge is -2.23. The molecule has 5 heteroatoms. The van der Waals surface area contributed by atoms with Gasteiger partial charge < -0.3 is 18.9 Å². The van der Waals surface area contributed by atoms with E-state index in [0.717, 1.165) is 5.75 Å². The molecule has 2 rings (SSSR count). The summed E-state index contributed by atoms with van der Waals surface area (Å²) < 4.78 is 21.9. The number of benzene rings is 1. The smallest absolute Gasteiger partial charge is 0.145 e. The second-order valence-corrected chi connectivity index (χ2v) is 4.19. The van der Waals surface area contributed by atoms with Crippen molar-refractivity contribution >= 4 is 7.85 Å². The van der Waals surface area contributed by atoms with Crippen LogP contribution in [-0.4, -0.2) is 53.0 Å². The number of hydrogen-bond acceptors (Lipinski definition) is 4. The molecule has 18 heavy (non-hydrogen) atoms. The van der Waals surface area contributed by atoms with Crippen LogP contribution < -0.4 is 4.74 Å². The van der Waals surface area contributed by atoms with E-state index >= 15 is 0 Å². The van der Waals surface area contributed by atoms with Crippen molar-refractivity contribution in [1.29, 1.82) is 0 Å². The van der Waals surface area contributed by atoms with Crippen molar-refractivity contribution in [2.75, 3.05) is 20.8 Å². The fourth-order valence-corrected chi connectivity index (χ4v) is 2.13. The van der Waals surface area contributed by atoms with E-state index in [4.69, 9.17) is 26.8 Å². The van der Waals surface area contributed by atoms with Crippen LogP contribution in [0.15, 0.2) is 30.3 Å². The summed E-state index contributed by atoms with van der Waals surface area (Å²) in [5.74, 6) is 0.752. The van der Waals surface area contributed by atoms with Gasteiger partial charge in [0.05, 0.1) is 12.6 Å². The molecule has 0 spiro atoms. The van der Waals surface area contributed by atoms with Crippen LogP contribution in [0.25, 0.3) is 0 Å². The van der Waals surface area contributed by atoms with Crippen LogP contribution in [0.1, 0.15) is 0 Å². The monoisotopic (exact) mass is 248 g/mol. The van der Waals surface area contributed by atoms with E-state index in [-0.39, 0.29) is 18.3 Å². The maximum Gasteiger partial charge on any atom is 0.145 e. The minimum atomic E-state index is -0.518. The second-order valence-electron chi connectivity index (χ2n) is 4.19. The molecule has 0 aliphatic carbocycles. The Labute approximate surface area is 109 Å². The summed E-state index contributed by atoms with van der Waals surface area (Å²) >= 11 is 0. The zero-order valence-corrected chi connectivity index (χ0v) is 10.6. The van der Waals surface area contributed by atoms with Gasteiger partial charge in [0.2, 0.25) is 0 Å². The SMILES string of the molecule is [B][C@@H]1O[C@H](COC)[C@@H](OC)[C@H]1Oc1ccccc1. The molecule has 1 heterocycles. The molecular weight excluding hydrogens is 231 g/mol. The third-order valence-corrected chi connectivity index (χ3v) is 2.96. The zero-order chi connectivity index (χ0) is 13.0. The van der Waals surface area contributed by atoms with E-state index in [0.29, 0.717) is 6.61 Å². The van der Waals surface area contributed by atoms with Gasteiger partial charge in [0, 0.05) is 14.2 Å². The predicted octanol–water partition coefficient (Wildman–Crippen LogP) is 0.989. The Morgan fingerprint density at radius 1 is 1.17 bits per heavy atom. The first-order chi connectivity index (χ1) is 8.76. The van der Waals surface area contributed by atoms with Gasteiger partial charge in [0.1, 0.15) is 31.9 Å². The highest BCUT2D eigenvalue weighted by atomic mass is 16.6. The summed E-state index contributed by atoms with van der Waals surface area (Å²) in [4.78, 5) is 0. The van der Waals surface area contributed by atoms with E-state index in [9.17, 15) is 0 Å². The summed E-state index contributed by atoms with van der Waals surface area (Å²) in [6.45, 7) is 0.431. The van der Waals surface area contributed by atoms with Crippen LogP contribution >= 0.6 is 0 Å². The summed E-state index contributed by atoms with van der Waals surface area (Å²) in [5, 5.41) is 0. The van der Waals surface area contributed by atoms with Gasteiger partial charge >= 0.3 is 0 Å². The van der Waals surface area contributed by atoms with E-state index < -0.39 is 6.00 Å². The first-order valence-corrected chi connectivity index (χ1v) is 5.90. The van der Waals surface area contributed by atoms with Crippen molar-refractivity contribution in [2.24, 2.45) is 0 Å². The quantitative estimate of drug-likeness (QED) is 0.728. The largest absolute Gasteiger partial charge is 0.486 e. The molecular formula is C13H17BO4. The maximum atomic E-state index is 5.93. The molecule has 0 aromatic heterocycles.